The first kappa shape index (κ1) is 19.4. The van der Waals surface area contributed by atoms with Gasteiger partial charge in [-0.2, -0.15) is 0 Å². The molecule has 4 atom stereocenters. The Bertz CT molecular complexity index is 843. The van der Waals surface area contributed by atoms with Gasteiger partial charge in [-0.1, -0.05) is 13.0 Å². The van der Waals surface area contributed by atoms with Gasteiger partial charge in [-0.15, -0.1) is 0 Å². The summed E-state index contributed by atoms with van der Waals surface area (Å²) in [5.74, 6) is -0.468. The second-order valence-electron chi connectivity index (χ2n) is 8.22. The maximum atomic E-state index is 13.3. The average Bonchev–Trinajstić information content (AvgIpc) is 3.24. The van der Waals surface area contributed by atoms with Crippen LogP contribution >= 0.6 is 0 Å². The van der Waals surface area contributed by atoms with Gasteiger partial charge in [0.2, 0.25) is 0 Å². The van der Waals surface area contributed by atoms with E-state index in [0.717, 1.165) is 43.5 Å². The van der Waals surface area contributed by atoms with Crippen molar-refractivity contribution in [3.05, 3.63) is 39.8 Å². The van der Waals surface area contributed by atoms with Gasteiger partial charge >= 0.3 is 5.97 Å². The fourth-order valence-electron chi connectivity index (χ4n) is 5.54. The third-order valence-electron chi connectivity index (χ3n) is 6.75. The largest absolute Gasteiger partial charge is 0.468 e. The molecule has 0 saturated carbocycles. The molecule has 1 fully saturated rings. The van der Waals surface area contributed by atoms with Crippen molar-refractivity contribution in [2.45, 2.75) is 57.7 Å². The molecule has 0 amide bonds. The topological polar surface area (TPSA) is 71.8 Å². The lowest BCUT2D eigenvalue weighted by molar-refractivity contribution is -0.148. The first-order valence-corrected chi connectivity index (χ1v) is 10.5. The summed E-state index contributed by atoms with van der Waals surface area (Å²) in [5, 5.41) is 10.1. The number of aliphatic hydroxyl groups is 1. The first-order valence-electron chi connectivity index (χ1n) is 10.5. The number of fused-ring (bicyclic) bond motifs is 3. The number of ether oxygens (including phenoxy) is 1. The molecule has 6 nitrogen and oxygen atoms in total. The molecule has 3 aliphatic rings. The minimum Gasteiger partial charge on any atom is -0.468 e. The summed E-state index contributed by atoms with van der Waals surface area (Å²) in [5.41, 5.74) is 3.02. The molecular weight excluding hydrogens is 356 g/mol. The number of rotatable bonds is 5. The van der Waals surface area contributed by atoms with Crippen LogP contribution in [0.15, 0.2) is 23.0 Å². The van der Waals surface area contributed by atoms with Crippen LogP contribution in [-0.2, 0) is 16.1 Å². The van der Waals surface area contributed by atoms with Crippen molar-refractivity contribution in [3.63, 3.8) is 0 Å². The van der Waals surface area contributed by atoms with E-state index >= 15 is 0 Å². The Morgan fingerprint density at radius 1 is 1.32 bits per heavy atom. The molecule has 1 saturated heterocycles. The smallest absolute Gasteiger partial charge is 0.323 e. The maximum absolute atomic E-state index is 13.3. The number of aromatic nitrogens is 1. The van der Waals surface area contributed by atoms with Crippen molar-refractivity contribution in [1.82, 2.24) is 9.47 Å². The van der Waals surface area contributed by atoms with Crippen molar-refractivity contribution in [3.8, 4) is 0 Å². The second kappa shape index (κ2) is 7.84. The monoisotopic (exact) mass is 386 g/mol. The van der Waals surface area contributed by atoms with E-state index in [1.54, 1.807) is 0 Å². The van der Waals surface area contributed by atoms with E-state index in [1.807, 2.05) is 10.6 Å². The van der Waals surface area contributed by atoms with Crippen LogP contribution in [0.4, 0.5) is 0 Å². The Hall–Kier alpha value is -1.92. The third kappa shape index (κ3) is 2.94. The molecule has 3 heterocycles. The maximum Gasteiger partial charge on any atom is 0.323 e. The number of likely N-dealkylation sites (tertiary alicyclic amines) is 1. The van der Waals surface area contributed by atoms with Crippen LogP contribution in [0, 0.1) is 11.8 Å². The minimum atomic E-state index is -0.450. The fourth-order valence-corrected chi connectivity index (χ4v) is 5.54. The number of allylic oxidation sites excluding steroid dienone is 2. The molecule has 0 aromatic carbocycles. The number of methoxy groups -OCH3 is 1. The Morgan fingerprint density at radius 3 is 2.79 bits per heavy atom. The second-order valence-corrected chi connectivity index (χ2v) is 8.22. The predicted octanol–water partition coefficient (Wildman–Crippen LogP) is 2.35. The summed E-state index contributed by atoms with van der Waals surface area (Å²) < 4.78 is 6.94. The van der Waals surface area contributed by atoms with Gasteiger partial charge in [0.15, 0.2) is 0 Å². The van der Waals surface area contributed by atoms with Gasteiger partial charge < -0.3 is 14.4 Å². The molecule has 28 heavy (non-hydrogen) atoms. The van der Waals surface area contributed by atoms with Gasteiger partial charge in [0.25, 0.3) is 5.56 Å². The van der Waals surface area contributed by atoms with E-state index in [-0.39, 0.29) is 36.0 Å². The number of nitrogens with zero attached hydrogens (tertiary/aromatic N) is 2. The molecule has 0 bridgehead atoms. The highest BCUT2D eigenvalue weighted by atomic mass is 16.5. The van der Waals surface area contributed by atoms with Crippen LogP contribution in [0.5, 0.6) is 0 Å². The number of carbonyl (C=O) groups is 1. The van der Waals surface area contributed by atoms with Crippen LogP contribution in [0.1, 0.15) is 56.3 Å². The van der Waals surface area contributed by atoms with E-state index < -0.39 is 6.04 Å². The van der Waals surface area contributed by atoms with Gasteiger partial charge in [0, 0.05) is 36.2 Å². The van der Waals surface area contributed by atoms with Gasteiger partial charge in [0.05, 0.1) is 13.2 Å². The summed E-state index contributed by atoms with van der Waals surface area (Å²) in [6.07, 6.45) is 7.43. The van der Waals surface area contributed by atoms with Gasteiger partial charge in [-0.25, -0.2) is 0 Å². The minimum absolute atomic E-state index is 0.0247. The normalized spacial score (nSPS) is 29.3. The number of hydrogen-bond acceptors (Lipinski definition) is 5. The van der Waals surface area contributed by atoms with Crippen molar-refractivity contribution in [2.75, 3.05) is 20.3 Å². The van der Waals surface area contributed by atoms with E-state index in [0.29, 0.717) is 6.54 Å². The third-order valence-corrected chi connectivity index (χ3v) is 6.75. The zero-order chi connectivity index (χ0) is 19.8. The van der Waals surface area contributed by atoms with Crippen LogP contribution in [0.2, 0.25) is 0 Å². The lowest BCUT2D eigenvalue weighted by Crippen LogP contribution is -2.43. The quantitative estimate of drug-likeness (QED) is 0.787. The molecule has 0 radical (unpaired) electrons. The number of pyridine rings is 1. The zero-order valence-electron chi connectivity index (χ0n) is 16.8. The van der Waals surface area contributed by atoms with E-state index in [9.17, 15) is 14.7 Å². The Balaban J connectivity index is 1.76. The fraction of sp³-hybridized carbons (Fsp3) is 0.636. The molecule has 4 rings (SSSR count). The van der Waals surface area contributed by atoms with Crippen molar-refractivity contribution < 1.29 is 14.6 Å². The van der Waals surface area contributed by atoms with E-state index in [1.165, 1.54) is 19.1 Å². The first-order chi connectivity index (χ1) is 13.6. The average molecular weight is 386 g/mol. The summed E-state index contributed by atoms with van der Waals surface area (Å²) in [7, 11) is 1.40. The van der Waals surface area contributed by atoms with Crippen molar-refractivity contribution in [2.24, 2.45) is 11.8 Å². The lowest BCUT2D eigenvalue weighted by Gasteiger charge is -2.29. The highest BCUT2D eigenvalue weighted by Crippen LogP contribution is 2.49. The Morgan fingerprint density at radius 2 is 2.14 bits per heavy atom. The van der Waals surface area contributed by atoms with Crippen molar-refractivity contribution in [1.29, 1.82) is 0 Å². The number of esters is 1. The summed E-state index contributed by atoms with van der Waals surface area (Å²) in [4.78, 5) is 27.9. The predicted molar refractivity (Wildman–Crippen MR) is 107 cm³/mol. The molecule has 2 aliphatic heterocycles. The Kier molecular flexibility index (Phi) is 5.43. The lowest BCUT2D eigenvalue weighted by atomic mass is 9.88. The van der Waals surface area contributed by atoms with Crippen LogP contribution < -0.4 is 5.56 Å². The van der Waals surface area contributed by atoms with Crippen LogP contribution in [-0.4, -0.2) is 46.8 Å². The van der Waals surface area contributed by atoms with Crippen LogP contribution in [0.25, 0.3) is 5.57 Å². The highest BCUT2D eigenvalue weighted by Gasteiger charge is 2.55. The van der Waals surface area contributed by atoms with Gasteiger partial charge in [-0.3, -0.25) is 14.5 Å². The Labute approximate surface area is 165 Å². The SMILES string of the molecule is CCCN1[C@@H]2c3ccc(C4=CCCCC4)c(=O)n3C[C@@H]2[C@@H](CO)[C@@H]1C(=O)OC. The van der Waals surface area contributed by atoms with Gasteiger partial charge in [0.1, 0.15) is 6.04 Å². The molecule has 1 N–H and O–H groups in total. The van der Waals surface area contributed by atoms with Crippen molar-refractivity contribution >= 4 is 11.5 Å². The molecule has 1 aliphatic carbocycles. The van der Waals surface area contributed by atoms with E-state index in [2.05, 4.69) is 24.0 Å². The van der Waals surface area contributed by atoms with Gasteiger partial charge in [-0.05, 0) is 56.4 Å². The zero-order valence-corrected chi connectivity index (χ0v) is 16.8. The summed E-state index contributed by atoms with van der Waals surface area (Å²) in [6.45, 7) is 3.29. The molecule has 0 spiro atoms. The molecule has 6 heteroatoms. The molecule has 0 unspecified atom stereocenters. The number of hydrogen-bond donors (Lipinski definition) is 1. The summed E-state index contributed by atoms with van der Waals surface area (Å²) in [6, 6.07) is 3.56. The van der Waals surface area contributed by atoms with E-state index in [4.69, 9.17) is 4.74 Å². The number of aliphatic hydroxyl groups excluding tert-OH is 1. The molecule has 1 aromatic heterocycles. The van der Waals surface area contributed by atoms with Crippen LogP contribution in [0.3, 0.4) is 0 Å². The number of carbonyl (C=O) groups excluding carboxylic acids is 1. The molecular formula is C22H30N2O4. The molecule has 1 aromatic rings. The highest BCUT2D eigenvalue weighted by molar-refractivity contribution is 5.77. The molecule has 152 valence electrons. The standard InChI is InChI=1S/C22H30N2O4/c1-3-11-23-19-16(17(13-25)20(23)22(27)28-2)12-24-18(19)10-9-15(21(24)26)14-7-5-4-6-8-14/h7,9-10,16-17,19-20,25H,3-6,8,11-13H2,1-2H3/t16-,17-,19+,20-/m1/s1. The summed E-state index contributed by atoms with van der Waals surface area (Å²) >= 11 is 0.